The standard InChI is InChI=1S/C19H21ClN2O6S/c1-2-7-21-29(24,25)14-4-6-16(15(20)11-14)28-12-19(23)22-13-3-5-17-18(10-13)27-9-8-26-17/h3-6,10-11,21H,2,7-9,12H2,1H3,(H,22,23). The minimum atomic E-state index is -3.63. The van der Waals surface area contributed by atoms with Gasteiger partial charge in [-0.25, -0.2) is 13.1 Å². The molecule has 0 fully saturated rings. The lowest BCUT2D eigenvalue weighted by atomic mass is 10.2. The van der Waals surface area contributed by atoms with Crippen molar-refractivity contribution in [3.05, 3.63) is 41.4 Å². The summed E-state index contributed by atoms with van der Waals surface area (Å²) in [4.78, 5) is 12.2. The molecular formula is C19H21ClN2O6S. The molecule has 156 valence electrons. The number of sulfonamides is 1. The average molecular weight is 441 g/mol. The van der Waals surface area contributed by atoms with Crippen LogP contribution in [0.15, 0.2) is 41.3 Å². The average Bonchev–Trinajstić information content (AvgIpc) is 2.71. The van der Waals surface area contributed by atoms with Crippen molar-refractivity contribution in [2.24, 2.45) is 0 Å². The van der Waals surface area contributed by atoms with E-state index < -0.39 is 15.9 Å². The molecule has 1 amide bonds. The summed E-state index contributed by atoms with van der Waals surface area (Å²) >= 11 is 6.11. The van der Waals surface area contributed by atoms with Gasteiger partial charge in [0.25, 0.3) is 5.91 Å². The maximum Gasteiger partial charge on any atom is 0.262 e. The molecule has 3 rings (SSSR count). The van der Waals surface area contributed by atoms with E-state index in [0.29, 0.717) is 43.4 Å². The normalized spacial score (nSPS) is 13.0. The second kappa shape index (κ2) is 9.34. The molecule has 0 bridgehead atoms. The van der Waals surface area contributed by atoms with Crippen molar-refractivity contribution < 1.29 is 27.4 Å². The molecule has 2 aromatic carbocycles. The number of carbonyl (C=O) groups is 1. The van der Waals surface area contributed by atoms with Gasteiger partial charge in [-0.1, -0.05) is 18.5 Å². The van der Waals surface area contributed by atoms with E-state index in [0.717, 1.165) is 0 Å². The summed E-state index contributed by atoms with van der Waals surface area (Å²) in [6.45, 7) is 2.84. The molecule has 2 aromatic rings. The highest BCUT2D eigenvalue weighted by Gasteiger charge is 2.16. The van der Waals surface area contributed by atoms with Crippen LogP contribution in [0.5, 0.6) is 17.2 Å². The van der Waals surface area contributed by atoms with E-state index in [1.807, 2.05) is 6.92 Å². The van der Waals surface area contributed by atoms with E-state index in [-0.39, 0.29) is 22.3 Å². The zero-order chi connectivity index (χ0) is 20.9. The molecule has 0 atom stereocenters. The number of benzene rings is 2. The Morgan fingerprint density at radius 3 is 2.62 bits per heavy atom. The van der Waals surface area contributed by atoms with E-state index >= 15 is 0 Å². The smallest absolute Gasteiger partial charge is 0.262 e. The Hall–Kier alpha value is -2.49. The molecule has 1 heterocycles. The first-order chi connectivity index (χ1) is 13.9. The van der Waals surface area contributed by atoms with E-state index in [9.17, 15) is 13.2 Å². The lowest BCUT2D eigenvalue weighted by Crippen LogP contribution is -2.24. The minimum absolute atomic E-state index is 0.0315. The summed E-state index contributed by atoms with van der Waals surface area (Å²) in [5.74, 6) is 0.990. The van der Waals surface area contributed by atoms with Gasteiger partial charge in [-0.05, 0) is 36.8 Å². The number of fused-ring (bicyclic) bond motifs is 1. The topological polar surface area (TPSA) is 103 Å². The Balaban J connectivity index is 1.59. The molecule has 0 aromatic heterocycles. The molecule has 0 radical (unpaired) electrons. The van der Waals surface area contributed by atoms with Crippen LogP contribution in [0, 0.1) is 0 Å². The number of amides is 1. The van der Waals surface area contributed by atoms with Crippen molar-refractivity contribution in [1.82, 2.24) is 4.72 Å². The highest BCUT2D eigenvalue weighted by atomic mass is 35.5. The number of ether oxygens (including phenoxy) is 3. The highest BCUT2D eigenvalue weighted by Crippen LogP contribution is 2.32. The van der Waals surface area contributed by atoms with E-state index in [4.69, 9.17) is 25.8 Å². The third-order valence-electron chi connectivity index (χ3n) is 3.94. The fourth-order valence-electron chi connectivity index (χ4n) is 2.55. The van der Waals surface area contributed by atoms with Gasteiger partial charge in [0.15, 0.2) is 18.1 Å². The van der Waals surface area contributed by atoms with Gasteiger partial charge in [-0.2, -0.15) is 0 Å². The molecule has 1 aliphatic rings. The minimum Gasteiger partial charge on any atom is -0.486 e. The summed E-state index contributed by atoms with van der Waals surface area (Å²) in [6, 6.07) is 9.16. The molecular weight excluding hydrogens is 420 g/mol. The Labute approximate surface area is 174 Å². The van der Waals surface area contributed by atoms with Crippen LogP contribution in [0.2, 0.25) is 5.02 Å². The van der Waals surface area contributed by atoms with Gasteiger partial charge in [-0.3, -0.25) is 4.79 Å². The van der Waals surface area contributed by atoms with Crippen LogP contribution < -0.4 is 24.2 Å². The monoisotopic (exact) mass is 440 g/mol. The van der Waals surface area contributed by atoms with Gasteiger partial charge in [0.2, 0.25) is 10.0 Å². The fraction of sp³-hybridized carbons (Fsp3) is 0.316. The van der Waals surface area contributed by atoms with Crippen LogP contribution >= 0.6 is 11.6 Å². The van der Waals surface area contributed by atoms with Crippen molar-refractivity contribution in [2.45, 2.75) is 18.2 Å². The van der Waals surface area contributed by atoms with Crippen molar-refractivity contribution >= 4 is 33.2 Å². The lowest BCUT2D eigenvalue weighted by Gasteiger charge is -2.19. The summed E-state index contributed by atoms with van der Waals surface area (Å²) in [7, 11) is -3.63. The second-order valence-electron chi connectivity index (χ2n) is 6.19. The number of hydrogen-bond donors (Lipinski definition) is 2. The number of rotatable bonds is 8. The Morgan fingerprint density at radius 2 is 1.90 bits per heavy atom. The van der Waals surface area contributed by atoms with Crippen LogP contribution in [-0.4, -0.2) is 40.7 Å². The SMILES string of the molecule is CCCNS(=O)(=O)c1ccc(OCC(=O)Nc2ccc3c(c2)OCCO3)c(Cl)c1. The second-order valence-corrected chi connectivity index (χ2v) is 8.36. The van der Waals surface area contributed by atoms with E-state index in [1.54, 1.807) is 18.2 Å². The van der Waals surface area contributed by atoms with Crippen LogP contribution in [0.25, 0.3) is 0 Å². The summed E-state index contributed by atoms with van der Waals surface area (Å²) < 4.78 is 43.0. The number of halogens is 1. The van der Waals surface area contributed by atoms with Gasteiger partial charge in [0, 0.05) is 18.3 Å². The fourth-order valence-corrected chi connectivity index (χ4v) is 4.01. The number of anilines is 1. The summed E-state index contributed by atoms with van der Waals surface area (Å²) in [5.41, 5.74) is 0.539. The van der Waals surface area contributed by atoms with Crippen LogP contribution in [0.1, 0.15) is 13.3 Å². The third kappa shape index (κ3) is 5.53. The van der Waals surface area contributed by atoms with Crippen LogP contribution in [-0.2, 0) is 14.8 Å². The molecule has 2 N–H and O–H groups in total. The maximum atomic E-state index is 12.2. The predicted molar refractivity (Wildman–Crippen MR) is 108 cm³/mol. The molecule has 8 nitrogen and oxygen atoms in total. The van der Waals surface area contributed by atoms with Crippen LogP contribution in [0.4, 0.5) is 5.69 Å². The van der Waals surface area contributed by atoms with Crippen molar-refractivity contribution in [3.8, 4) is 17.2 Å². The molecule has 0 unspecified atom stereocenters. The van der Waals surface area contributed by atoms with Crippen molar-refractivity contribution in [3.63, 3.8) is 0 Å². The summed E-state index contributed by atoms with van der Waals surface area (Å²) in [6.07, 6.45) is 0.673. The number of hydrogen-bond acceptors (Lipinski definition) is 6. The molecule has 1 aliphatic heterocycles. The van der Waals surface area contributed by atoms with Crippen LogP contribution in [0.3, 0.4) is 0 Å². The highest BCUT2D eigenvalue weighted by molar-refractivity contribution is 7.89. The molecule has 0 saturated heterocycles. The van der Waals surface area contributed by atoms with Gasteiger partial charge < -0.3 is 19.5 Å². The molecule has 0 saturated carbocycles. The zero-order valence-corrected chi connectivity index (χ0v) is 17.3. The zero-order valence-electron chi connectivity index (χ0n) is 15.7. The van der Waals surface area contributed by atoms with E-state index in [2.05, 4.69) is 10.0 Å². The molecule has 0 spiro atoms. The van der Waals surface area contributed by atoms with Gasteiger partial charge in [-0.15, -0.1) is 0 Å². The quantitative estimate of drug-likeness (QED) is 0.654. The Kier molecular flexibility index (Phi) is 6.83. The van der Waals surface area contributed by atoms with Gasteiger partial charge >= 0.3 is 0 Å². The molecule has 10 heteroatoms. The first-order valence-corrected chi connectivity index (χ1v) is 10.9. The number of carbonyl (C=O) groups excluding carboxylic acids is 1. The van der Waals surface area contributed by atoms with Gasteiger partial charge in [0.1, 0.15) is 19.0 Å². The Morgan fingerprint density at radius 1 is 1.14 bits per heavy atom. The molecule has 29 heavy (non-hydrogen) atoms. The third-order valence-corrected chi connectivity index (χ3v) is 5.69. The first kappa shape index (κ1) is 21.2. The number of nitrogens with one attached hydrogen (secondary N) is 2. The van der Waals surface area contributed by atoms with Gasteiger partial charge in [0.05, 0.1) is 9.92 Å². The largest absolute Gasteiger partial charge is 0.486 e. The Bertz CT molecular complexity index is 996. The molecule has 0 aliphatic carbocycles. The first-order valence-electron chi connectivity index (χ1n) is 9.00. The maximum absolute atomic E-state index is 12.2. The van der Waals surface area contributed by atoms with Crippen molar-refractivity contribution in [2.75, 3.05) is 31.7 Å². The lowest BCUT2D eigenvalue weighted by molar-refractivity contribution is -0.118. The predicted octanol–water partition coefficient (Wildman–Crippen LogP) is 2.82. The van der Waals surface area contributed by atoms with Crippen molar-refractivity contribution in [1.29, 1.82) is 0 Å². The summed E-state index contributed by atoms with van der Waals surface area (Å²) in [5, 5.41) is 2.79. The van der Waals surface area contributed by atoms with E-state index in [1.165, 1.54) is 18.2 Å².